The summed E-state index contributed by atoms with van der Waals surface area (Å²) in [7, 11) is 0. The van der Waals surface area contributed by atoms with Crippen LogP contribution >= 0.6 is 0 Å². The van der Waals surface area contributed by atoms with Crippen LogP contribution in [-0.2, 0) is 10.8 Å². The number of pyridine rings is 1. The van der Waals surface area contributed by atoms with Gasteiger partial charge in [-0.1, -0.05) is 250 Å². The Morgan fingerprint density at radius 1 is 0.361 bits per heavy atom. The van der Waals surface area contributed by atoms with E-state index in [0.717, 1.165) is 67.0 Å². The minimum Gasteiger partial charge on any atom is -0.309 e. The Morgan fingerprint density at radius 2 is 0.819 bits per heavy atom. The Balaban J connectivity index is 1.15. The zero-order chi connectivity index (χ0) is 48.0. The fraction of sp³-hybridized carbons (Fsp3) is 0.0580. The van der Waals surface area contributed by atoms with Crippen LogP contribution in [0.15, 0.2) is 261 Å². The molecule has 10 aromatic carbocycles. The van der Waals surface area contributed by atoms with Gasteiger partial charge in [0.25, 0.3) is 0 Å². The van der Waals surface area contributed by atoms with Crippen LogP contribution in [0.4, 0.5) is 17.1 Å². The third kappa shape index (κ3) is 6.01. The average Bonchev–Trinajstić information content (AvgIpc) is 4.08. The molecule has 72 heavy (non-hydrogen) atoms. The van der Waals surface area contributed by atoms with Crippen molar-refractivity contribution in [3.05, 3.63) is 294 Å². The molecule has 0 bridgehead atoms. The van der Waals surface area contributed by atoms with Crippen LogP contribution in [0, 0.1) is 0 Å². The van der Waals surface area contributed by atoms with Gasteiger partial charge in [-0.25, -0.2) is 4.52 Å². The van der Waals surface area contributed by atoms with E-state index in [-0.39, 0.29) is 5.41 Å². The number of benzene rings is 10. The second kappa shape index (κ2) is 16.3. The normalized spacial score (nSPS) is 13.6. The summed E-state index contributed by atoms with van der Waals surface area (Å²) in [6, 6.07) is 96.0. The number of nitrogens with zero attached hydrogens (tertiary/aromatic N) is 3. The second-order valence-electron chi connectivity index (χ2n) is 19.8. The summed E-state index contributed by atoms with van der Waals surface area (Å²) in [5.41, 5.74) is 22.7. The number of anilines is 3. The highest BCUT2D eigenvalue weighted by Crippen LogP contribution is 2.62. The second-order valence-corrected chi connectivity index (χ2v) is 19.8. The summed E-state index contributed by atoms with van der Waals surface area (Å²) in [5, 5.41) is 7.86. The first kappa shape index (κ1) is 41.9. The van der Waals surface area contributed by atoms with Crippen molar-refractivity contribution in [2.45, 2.75) is 24.7 Å². The lowest BCUT2D eigenvalue weighted by atomic mass is 9.68. The smallest absolute Gasteiger partial charge is 0.101 e. The van der Waals surface area contributed by atoms with E-state index in [0.29, 0.717) is 0 Å². The molecule has 0 saturated heterocycles. The van der Waals surface area contributed by atoms with Crippen molar-refractivity contribution < 1.29 is 0 Å². The Labute approximate surface area is 420 Å². The van der Waals surface area contributed by atoms with Gasteiger partial charge in [0, 0.05) is 44.0 Å². The Morgan fingerprint density at radius 3 is 1.44 bits per heavy atom. The molecule has 2 aromatic heterocycles. The first-order valence-electron chi connectivity index (χ1n) is 25.1. The molecule has 0 N–H and O–H groups in total. The van der Waals surface area contributed by atoms with Gasteiger partial charge in [-0.2, -0.15) is 5.10 Å². The fourth-order valence-corrected chi connectivity index (χ4v) is 12.6. The molecule has 0 aliphatic heterocycles. The third-order valence-corrected chi connectivity index (χ3v) is 15.7. The predicted molar refractivity (Wildman–Crippen MR) is 299 cm³/mol. The van der Waals surface area contributed by atoms with Crippen LogP contribution in [0.1, 0.15) is 47.2 Å². The van der Waals surface area contributed by atoms with Gasteiger partial charge >= 0.3 is 0 Å². The quantitative estimate of drug-likeness (QED) is 0.151. The van der Waals surface area contributed by atoms with Gasteiger partial charge in [0.15, 0.2) is 0 Å². The van der Waals surface area contributed by atoms with Crippen molar-refractivity contribution in [1.29, 1.82) is 0 Å². The van der Waals surface area contributed by atoms with Crippen LogP contribution in [0.5, 0.6) is 0 Å². The fourth-order valence-electron chi connectivity index (χ4n) is 12.6. The van der Waals surface area contributed by atoms with Crippen LogP contribution in [0.3, 0.4) is 0 Å². The number of rotatable bonds is 8. The van der Waals surface area contributed by atoms with Crippen molar-refractivity contribution in [2.24, 2.45) is 0 Å². The molecule has 0 radical (unpaired) electrons. The van der Waals surface area contributed by atoms with E-state index in [9.17, 15) is 0 Å². The molecule has 12 aromatic rings. The lowest BCUT2D eigenvalue weighted by molar-refractivity contribution is 0.660. The maximum absolute atomic E-state index is 5.61. The predicted octanol–water partition coefficient (Wildman–Crippen LogP) is 17.6. The lowest BCUT2D eigenvalue weighted by Gasteiger charge is -2.35. The highest BCUT2D eigenvalue weighted by molar-refractivity contribution is 6.15. The largest absolute Gasteiger partial charge is 0.309 e. The summed E-state index contributed by atoms with van der Waals surface area (Å²) in [5.74, 6) is 0. The molecule has 14 rings (SSSR count). The standard InChI is InChI=1S/C69H49N3/c1-68(2)55-38-20-18-35-52(55)64-57(68)40-23-43-60(64)71(61-44-24-41-58-65(61)53-36-19-21-39-56(53)69(58,49-31-14-6-15-32-49)50-33-16-7-17-34-50)59-42-22-37-51-54(59)45-62(46-25-8-3-9-26-46)72-67(51)63(47-27-10-4-11-28-47)66(70-72)48-29-12-5-13-30-48/h3-45H,1-2H3. The summed E-state index contributed by atoms with van der Waals surface area (Å²) in [6.07, 6.45) is 0. The number of aromatic nitrogens is 2. The van der Waals surface area contributed by atoms with E-state index in [2.05, 4.69) is 284 Å². The van der Waals surface area contributed by atoms with Crippen molar-refractivity contribution in [3.63, 3.8) is 0 Å². The summed E-state index contributed by atoms with van der Waals surface area (Å²) in [4.78, 5) is 2.61. The lowest BCUT2D eigenvalue weighted by Crippen LogP contribution is -2.28. The molecule has 3 heteroatoms. The number of hydrogen-bond donors (Lipinski definition) is 0. The SMILES string of the molecule is CC1(C)c2ccccc2-c2c(N(c3cccc4c3-c3ccccc3C4(c3ccccc3)c3ccccc3)c3cccc4c3cc(-c3ccccc3)n3nc(-c5ccccc5)c(-c5ccccc5)c43)cccc21. The van der Waals surface area contributed by atoms with Crippen molar-refractivity contribution in [3.8, 4) is 55.9 Å². The first-order chi connectivity index (χ1) is 35.5. The highest BCUT2D eigenvalue weighted by Gasteiger charge is 2.48. The Bertz CT molecular complexity index is 4000. The zero-order valence-electron chi connectivity index (χ0n) is 40.2. The molecule has 340 valence electrons. The number of hydrogen-bond acceptors (Lipinski definition) is 2. The molecule has 2 heterocycles. The molecule has 0 saturated carbocycles. The summed E-state index contributed by atoms with van der Waals surface area (Å²) in [6.45, 7) is 4.76. The molecule has 0 atom stereocenters. The molecular weight excluding hydrogens is 871 g/mol. The van der Waals surface area contributed by atoms with Gasteiger partial charge in [-0.3, -0.25) is 0 Å². The van der Waals surface area contributed by atoms with E-state index in [1.807, 2.05) is 0 Å². The van der Waals surface area contributed by atoms with E-state index in [1.165, 1.54) is 55.6 Å². The molecule has 2 aliphatic rings. The molecule has 0 amide bonds. The van der Waals surface area contributed by atoms with E-state index in [4.69, 9.17) is 5.10 Å². The Hall–Kier alpha value is -9.05. The maximum atomic E-state index is 5.61. The van der Waals surface area contributed by atoms with Crippen LogP contribution in [0.2, 0.25) is 0 Å². The number of fused-ring (bicyclic) bond motifs is 9. The third-order valence-electron chi connectivity index (χ3n) is 15.7. The van der Waals surface area contributed by atoms with E-state index in [1.54, 1.807) is 0 Å². The van der Waals surface area contributed by atoms with Gasteiger partial charge in [-0.05, 0) is 74.3 Å². The monoisotopic (exact) mass is 919 g/mol. The van der Waals surface area contributed by atoms with E-state index < -0.39 is 5.41 Å². The van der Waals surface area contributed by atoms with Crippen molar-refractivity contribution in [2.75, 3.05) is 4.90 Å². The first-order valence-corrected chi connectivity index (χ1v) is 25.1. The molecule has 3 nitrogen and oxygen atoms in total. The highest BCUT2D eigenvalue weighted by atomic mass is 15.2. The molecule has 2 aliphatic carbocycles. The van der Waals surface area contributed by atoms with Gasteiger partial charge in [0.05, 0.1) is 33.7 Å². The maximum Gasteiger partial charge on any atom is 0.101 e. The van der Waals surface area contributed by atoms with Crippen LogP contribution in [0.25, 0.3) is 72.2 Å². The van der Waals surface area contributed by atoms with Gasteiger partial charge < -0.3 is 4.90 Å². The van der Waals surface area contributed by atoms with Gasteiger partial charge in [0.1, 0.15) is 5.69 Å². The van der Waals surface area contributed by atoms with E-state index >= 15 is 0 Å². The molecule has 0 fully saturated rings. The minimum absolute atomic E-state index is 0.212. The summed E-state index contributed by atoms with van der Waals surface area (Å²) < 4.78 is 2.21. The Kier molecular flexibility index (Phi) is 9.46. The molecular formula is C69H49N3. The van der Waals surface area contributed by atoms with Gasteiger partial charge in [0.2, 0.25) is 0 Å². The van der Waals surface area contributed by atoms with Crippen molar-refractivity contribution >= 4 is 33.4 Å². The van der Waals surface area contributed by atoms with Gasteiger partial charge in [-0.15, -0.1) is 0 Å². The average molecular weight is 920 g/mol. The van der Waals surface area contributed by atoms with Crippen LogP contribution in [-0.4, -0.2) is 9.61 Å². The topological polar surface area (TPSA) is 20.5 Å². The zero-order valence-corrected chi connectivity index (χ0v) is 40.2. The van der Waals surface area contributed by atoms with Crippen LogP contribution < -0.4 is 4.90 Å². The molecule has 0 unspecified atom stereocenters. The minimum atomic E-state index is -0.579. The summed E-state index contributed by atoms with van der Waals surface area (Å²) >= 11 is 0. The van der Waals surface area contributed by atoms with Crippen molar-refractivity contribution in [1.82, 2.24) is 9.61 Å². The molecule has 0 spiro atoms.